The van der Waals surface area contributed by atoms with Gasteiger partial charge in [0.1, 0.15) is 5.82 Å². The highest BCUT2D eigenvalue weighted by atomic mass is 32.1. The summed E-state index contributed by atoms with van der Waals surface area (Å²) >= 11 is 1.51. The molecule has 2 aromatic heterocycles. The molecular weight excluding hydrogens is 300 g/mol. The fraction of sp³-hybridized carbons (Fsp3) is 0.267. The molecule has 22 heavy (non-hydrogen) atoms. The van der Waals surface area contributed by atoms with Crippen molar-refractivity contribution in [1.82, 2.24) is 9.88 Å². The summed E-state index contributed by atoms with van der Waals surface area (Å²) in [5.41, 5.74) is 8.75. The van der Waals surface area contributed by atoms with Gasteiger partial charge in [-0.05, 0) is 23.6 Å². The Kier molecular flexibility index (Phi) is 3.91. The predicted molar refractivity (Wildman–Crippen MR) is 85.6 cm³/mol. The first-order valence-corrected chi connectivity index (χ1v) is 7.76. The molecule has 0 fully saturated rings. The van der Waals surface area contributed by atoms with E-state index in [2.05, 4.69) is 9.88 Å². The van der Waals surface area contributed by atoms with Gasteiger partial charge in [-0.2, -0.15) is 0 Å². The van der Waals surface area contributed by atoms with E-state index in [1.807, 2.05) is 6.07 Å². The Morgan fingerprint density at radius 3 is 3.14 bits per heavy atom. The Balaban J connectivity index is 1.75. The summed E-state index contributed by atoms with van der Waals surface area (Å²) in [6, 6.07) is 1.88. The van der Waals surface area contributed by atoms with Crippen LogP contribution in [0, 0.1) is 5.41 Å². The maximum atomic E-state index is 11.2. The van der Waals surface area contributed by atoms with E-state index >= 15 is 0 Å². The molecule has 0 atom stereocenters. The Hall–Kier alpha value is -2.25. The predicted octanol–water partition coefficient (Wildman–Crippen LogP) is 1.98. The molecule has 0 radical (unpaired) electrons. The SMILES string of the molecule is N=Cc1cc(CN2CCc3c(C(=O)O)csc3C2)cnc1N. The zero-order valence-corrected chi connectivity index (χ0v) is 12.7. The minimum Gasteiger partial charge on any atom is -0.478 e. The highest BCUT2D eigenvalue weighted by Crippen LogP contribution is 2.29. The van der Waals surface area contributed by atoms with Gasteiger partial charge in [0.25, 0.3) is 0 Å². The van der Waals surface area contributed by atoms with Gasteiger partial charge in [-0.25, -0.2) is 9.78 Å². The van der Waals surface area contributed by atoms with Crippen LogP contribution in [0.2, 0.25) is 0 Å². The summed E-state index contributed by atoms with van der Waals surface area (Å²) in [4.78, 5) is 18.7. The lowest BCUT2D eigenvalue weighted by Crippen LogP contribution is -2.29. The molecule has 2 aromatic rings. The monoisotopic (exact) mass is 316 g/mol. The number of thiophene rings is 1. The highest BCUT2D eigenvalue weighted by molar-refractivity contribution is 7.10. The number of carboxylic acid groups (broad SMARTS) is 1. The van der Waals surface area contributed by atoms with Crippen LogP contribution >= 0.6 is 11.3 Å². The Morgan fingerprint density at radius 1 is 1.59 bits per heavy atom. The minimum atomic E-state index is -0.843. The molecule has 114 valence electrons. The van der Waals surface area contributed by atoms with E-state index in [1.54, 1.807) is 11.6 Å². The number of nitrogen functional groups attached to an aromatic ring is 1. The number of hydrogen-bond acceptors (Lipinski definition) is 6. The van der Waals surface area contributed by atoms with Crippen molar-refractivity contribution in [1.29, 1.82) is 5.41 Å². The lowest BCUT2D eigenvalue weighted by molar-refractivity contribution is 0.0695. The average molecular weight is 316 g/mol. The van der Waals surface area contributed by atoms with E-state index < -0.39 is 5.97 Å². The maximum absolute atomic E-state index is 11.2. The highest BCUT2D eigenvalue weighted by Gasteiger charge is 2.23. The fourth-order valence-corrected chi connectivity index (χ4v) is 3.81. The zero-order valence-electron chi connectivity index (χ0n) is 11.9. The zero-order chi connectivity index (χ0) is 15.7. The van der Waals surface area contributed by atoms with Gasteiger partial charge in [0.2, 0.25) is 0 Å². The number of rotatable bonds is 4. The largest absolute Gasteiger partial charge is 0.478 e. The number of fused-ring (bicyclic) bond motifs is 1. The first-order valence-electron chi connectivity index (χ1n) is 6.88. The van der Waals surface area contributed by atoms with E-state index in [0.717, 1.165) is 35.5 Å². The number of hydrogen-bond donors (Lipinski definition) is 3. The molecule has 3 rings (SSSR count). The molecule has 0 amide bonds. The molecule has 0 bridgehead atoms. The second kappa shape index (κ2) is 5.86. The van der Waals surface area contributed by atoms with E-state index in [1.165, 1.54) is 17.6 Å². The van der Waals surface area contributed by atoms with Crippen molar-refractivity contribution in [3.63, 3.8) is 0 Å². The Bertz CT molecular complexity index is 741. The topological polar surface area (TPSA) is 103 Å². The number of anilines is 1. The first kappa shape index (κ1) is 14.7. The average Bonchev–Trinajstić information content (AvgIpc) is 2.92. The summed E-state index contributed by atoms with van der Waals surface area (Å²) in [5.74, 6) is -0.478. The molecular formula is C15H16N4O2S. The number of pyridine rings is 1. The quantitative estimate of drug-likeness (QED) is 0.748. The van der Waals surface area contributed by atoms with Gasteiger partial charge in [0, 0.05) is 47.9 Å². The third-order valence-corrected chi connectivity index (χ3v) is 4.84. The van der Waals surface area contributed by atoms with Crippen LogP contribution in [0.3, 0.4) is 0 Å². The number of aromatic carboxylic acids is 1. The van der Waals surface area contributed by atoms with Crippen LogP contribution in [-0.4, -0.2) is 33.7 Å². The molecule has 1 aliphatic rings. The van der Waals surface area contributed by atoms with Crippen molar-refractivity contribution in [2.24, 2.45) is 0 Å². The third-order valence-electron chi connectivity index (χ3n) is 3.82. The lowest BCUT2D eigenvalue weighted by Gasteiger charge is -2.27. The summed E-state index contributed by atoms with van der Waals surface area (Å²) < 4.78 is 0. The van der Waals surface area contributed by atoms with Crippen LogP contribution in [0.4, 0.5) is 5.82 Å². The molecule has 4 N–H and O–H groups in total. The van der Waals surface area contributed by atoms with Gasteiger partial charge in [-0.1, -0.05) is 0 Å². The molecule has 0 saturated carbocycles. The number of nitrogens with zero attached hydrogens (tertiary/aromatic N) is 2. The summed E-state index contributed by atoms with van der Waals surface area (Å²) in [6.45, 7) is 2.28. The maximum Gasteiger partial charge on any atom is 0.336 e. The van der Waals surface area contributed by atoms with Crippen molar-refractivity contribution >= 4 is 29.3 Å². The van der Waals surface area contributed by atoms with Gasteiger partial charge < -0.3 is 16.2 Å². The van der Waals surface area contributed by atoms with Crippen molar-refractivity contribution in [3.05, 3.63) is 44.8 Å². The summed E-state index contributed by atoms with van der Waals surface area (Å²) in [6.07, 6.45) is 3.69. The first-order chi connectivity index (χ1) is 10.6. The van der Waals surface area contributed by atoms with E-state index in [-0.39, 0.29) is 0 Å². The minimum absolute atomic E-state index is 0.365. The van der Waals surface area contributed by atoms with E-state index in [9.17, 15) is 4.79 Å². The van der Waals surface area contributed by atoms with Crippen molar-refractivity contribution in [3.8, 4) is 0 Å². The van der Waals surface area contributed by atoms with Gasteiger partial charge >= 0.3 is 5.97 Å². The Morgan fingerprint density at radius 2 is 2.41 bits per heavy atom. The summed E-state index contributed by atoms with van der Waals surface area (Å²) in [7, 11) is 0. The standard InChI is InChI=1S/C15H16N4O2S/c16-4-10-3-9(5-18-14(10)17)6-19-2-1-11-12(15(20)21)8-22-13(11)7-19/h3-5,8,16H,1-2,6-7H2,(H2,17,18)(H,20,21). The smallest absolute Gasteiger partial charge is 0.336 e. The summed E-state index contributed by atoms with van der Waals surface area (Å²) in [5, 5.41) is 18.2. The lowest BCUT2D eigenvalue weighted by atomic mass is 10.0. The van der Waals surface area contributed by atoms with Gasteiger partial charge in [0.05, 0.1) is 5.56 Å². The third kappa shape index (κ3) is 2.72. The number of carboxylic acids is 1. The molecule has 3 heterocycles. The number of nitrogens with one attached hydrogen (secondary N) is 1. The molecule has 0 unspecified atom stereocenters. The van der Waals surface area contributed by atoms with E-state index in [0.29, 0.717) is 23.5 Å². The molecule has 6 nitrogen and oxygen atoms in total. The fourth-order valence-electron chi connectivity index (χ4n) is 2.69. The Labute approximate surface area is 131 Å². The van der Waals surface area contributed by atoms with Crippen LogP contribution in [0.15, 0.2) is 17.6 Å². The van der Waals surface area contributed by atoms with Gasteiger partial charge in [0.15, 0.2) is 0 Å². The second-order valence-electron chi connectivity index (χ2n) is 5.28. The van der Waals surface area contributed by atoms with Gasteiger partial charge in [-0.3, -0.25) is 4.90 Å². The van der Waals surface area contributed by atoms with Crippen molar-refractivity contribution in [2.75, 3.05) is 12.3 Å². The van der Waals surface area contributed by atoms with Gasteiger partial charge in [-0.15, -0.1) is 11.3 Å². The molecule has 0 spiro atoms. The van der Waals surface area contributed by atoms with Crippen LogP contribution in [-0.2, 0) is 19.5 Å². The molecule has 0 aromatic carbocycles. The van der Waals surface area contributed by atoms with E-state index in [4.69, 9.17) is 16.2 Å². The molecule has 0 saturated heterocycles. The van der Waals surface area contributed by atoms with Crippen LogP contribution in [0.5, 0.6) is 0 Å². The van der Waals surface area contributed by atoms with Crippen LogP contribution < -0.4 is 5.73 Å². The van der Waals surface area contributed by atoms with Crippen LogP contribution in [0.1, 0.15) is 31.9 Å². The second-order valence-corrected chi connectivity index (χ2v) is 6.24. The number of aromatic nitrogens is 1. The number of nitrogens with two attached hydrogens (primary N) is 1. The molecule has 1 aliphatic heterocycles. The number of carbonyl (C=O) groups is 1. The van der Waals surface area contributed by atoms with Crippen molar-refractivity contribution < 1.29 is 9.90 Å². The molecule has 0 aliphatic carbocycles. The van der Waals surface area contributed by atoms with Crippen molar-refractivity contribution in [2.45, 2.75) is 19.5 Å². The normalized spacial score (nSPS) is 14.5. The van der Waals surface area contributed by atoms with Crippen LogP contribution in [0.25, 0.3) is 0 Å². The molecule has 7 heteroatoms.